The van der Waals surface area contributed by atoms with Crippen LogP contribution in [0.1, 0.15) is 30.0 Å². The molecule has 0 spiro atoms. The number of aryl methyl sites for hydroxylation is 1. The van der Waals surface area contributed by atoms with Gasteiger partial charge in [-0.1, -0.05) is 61.5 Å². The first kappa shape index (κ1) is 14.7. The number of rotatable bonds is 3. The molecule has 2 aromatic rings. The summed E-state index contributed by atoms with van der Waals surface area (Å²) in [5.74, 6) is -0.313. The van der Waals surface area contributed by atoms with Gasteiger partial charge in [-0.05, 0) is 35.2 Å². The molecule has 0 amide bonds. The third kappa shape index (κ3) is 2.61. The maximum Gasteiger partial charge on any atom is 0.165 e. The Kier molecular flexibility index (Phi) is 3.93. The van der Waals surface area contributed by atoms with Crippen LogP contribution in [0.4, 0.5) is 8.78 Å². The van der Waals surface area contributed by atoms with Crippen molar-refractivity contribution in [1.29, 1.82) is 0 Å². The first-order chi connectivity index (χ1) is 10.6. The van der Waals surface area contributed by atoms with Crippen molar-refractivity contribution in [1.82, 2.24) is 0 Å². The summed E-state index contributed by atoms with van der Waals surface area (Å²) in [4.78, 5) is 0. The molecule has 112 valence electrons. The van der Waals surface area contributed by atoms with Crippen molar-refractivity contribution >= 4 is 5.57 Å². The summed E-state index contributed by atoms with van der Waals surface area (Å²) >= 11 is 0. The average molecular weight is 296 g/mol. The Labute approximate surface area is 129 Å². The molecule has 0 saturated heterocycles. The number of halogens is 2. The molecule has 2 heteroatoms. The van der Waals surface area contributed by atoms with Crippen molar-refractivity contribution in [3.05, 3.63) is 89.3 Å². The number of benzene rings is 2. The fourth-order valence-corrected chi connectivity index (χ4v) is 2.87. The average Bonchev–Trinajstić information content (AvgIpc) is 2.56. The second-order valence-electron chi connectivity index (χ2n) is 5.57. The predicted octanol–water partition coefficient (Wildman–Crippen LogP) is 5.60. The minimum atomic E-state index is -1.57. The summed E-state index contributed by atoms with van der Waals surface area (Å²) in [5.41, 5.74) is 1.56. The van der Waals surface area contributed by atoms with Gasteiger partial charge in [0.15, 0.2) is 5.67 Å². The summed E-state index contributed by atoms with van der Waals surface area (Å²) in [5, 5.41) is 0. The lowest BCUT2D eigenvalue weighted by molar-refractivity contribution is 0.249. The molecule has 0 fully saturated rings. The highest BCUT2D eigenvalue weighted by molar-refractivity contribution is 5.76. The molecule has 0 bridgehead atoms. The summed E-state index contributed by atoms with van der Waals surface area (Å²) in [7, 11) is 0. The Morgan fingerprint density at radius 3 is 2.32 bits per heavy atom. The van der Waals surface area contributed by atoms with Gasteiger partial charge in [-0.25, -0.2) is 8.78 Å². The minimum absolute atomic E-state index is 0.293. The molecule has 0 radical (unpaired) electrons. The zero-order valence-corrected chi connectivity index (χ0v) is 12.5. The maximum absolute atomic E-state index is 15.8. The van der Waals surface area contributed by atoms with E-state index in [9.17, 15) is 4.39 Å². The van der Waals surface area contributed by atoms with Crippen LogP contribution in [0.2, 0.25) is 0 Å². The molecule has 1 atom stereocenters. The Morgan fingerprint density at radius 1 is 1.00 bits per heavy atom. The normalized spacial score (nSPS) is 20.8. The molecule has 2 aromatic carbocycles. The van der Waals surface area contributed by atoms with Gasteiger partial charge in [0.25, 0.3) is 0 Å². The van der Waals surface area contributed by atoms with Gasteiger partial charge in [0.2, 0.25) is 0 Å². The van der Waals surface area contributed by atoms with Gasteiger partial charge in [-0.15, -0.1) is 0 Å². The van der Waals surface area contributed by atoms with Crippen LogP contribution in [-0.2, 0) is 12.1 Å². The summed E-state index contributed by atoms with van der Waals surface area (Å²) in [6.45, 7) is 2.08. The molecular formula is C20H18F2. The zero-order valence-electron chi connectivity index (χ0n) is 12.5. The topological polar surface area (TPSA) is 0 Å². The van der Waals surface area contributed by atoms with Crippen LogP contribution in [0.3, 0.4) is 0 Å². The summed E-state index contributed by atoms with van der Waals surface area (Å²) in [6, 6.07) is 13.7. The summed E-state index contributed by atoms with van der Waals surface area (Å²) < 4.78 is 28.9. The molecule has 22 heavy (non-hydrogen) atoms. The SMILES string of the molecule is CCc1ccc(C2(F)CC=CC=C2c2ccc(F)cc2)cc1. The van der Waals surface area contributed by atoms with Crippen LogP contribution in [-0.4, -0.2) is 0 Å². The van der Waals surface area contributed by atoms with Crippen LogP contribution in [0.25, 0.3) is 5.57 Å². The van der Waals surface area contributed by atoms with E-state index in [1.807, 2.05) is 36.4 Å². The molecule has 0 aromatic heterocycles. The van der Waals surface area contributed by atoms with E-state index in [4.69, 9.17) is 0 Å². The quantitative estimate of drug-likeness (QED) is 0.692. The molecule has 1 unspecified atom stereocenters. The second-order valence-corrected chi connectivity index (χ2v) is 5.57. The van der Waals surface area contributed by atoms with Crippen molar-refractivity contribution in [2.75, 3.05) is 0 Å². The predicted molar refractivity (Wildman–Crippen MR) is 86.7 cm³/mol. The van der Waals surface area contributed by atoms with E-state index < -0.39 is 5.67 Å². The van der Waals surface area contributed by atoms with Crippen LogP contribution >= 0.6 is 0 Å². The zero-order chi connectivity index (χ0) is 15.6. The van der Waals surface area contributed by atoms with Crippen molar-refractivity contribution in [3.63, 3.8) is 0 Å². The Bertz CT molecular complexity index is 708. The third-order valence-corrected chi connectivity index (χ3v) is 4.20. The van der Waals surface area contributed by atoms with E-state index in [1.165, 1.54) is 17.7 Å². The standard InChI is InChI=1S/C20H18F2/c1-2-15-6-10-17(11-7-15)20(22)14-4-3-5-19(20)16-8-12-18(21)13-9-16/h3-13H,2,14H2,1H3. The van der Waals surface area contributed by atoms with Gasteiger partial charge in [0, 0.05) is 12.0 Å². The van der Waals surface area contributed by atoms with Crippen molar-refractivity contribution in [2.45, 2.75) is 25.4 Å². The highest BCUT2D eigenvalue weighted by atomic mass is 19.1. The highest BCUT2D eigenvalue weighted by Gasteiger charge is 2.37. The van der Waals surface area contributed by atoms with Gasteiger partial charge in [0.05, 0.1) is 0 Å². The molecule has 3 rings (SSSR count). The highest BCUT2D eigenvalue weighted by Crippen LogP contribution is 2.45. The van der Waals surface area contributed by atoms with Crippen LogP contribution in [0.15, 0.2) is 66.8 Å². The number of allylic oxidation sites excluding steroid dienone is 4. The lowest BCUT2D eigenvalue weighted by Crippen LogP contribution is -2.23. The van der Waals surface area contributed by atoms with E-state index >= 15 is 4.39 Å². The molecule has 0 saturated carbocycles. The lowest BCUT2D eigenvalue weighted by atomic mass is 9.79. The fourth-order valence-electron chi connectivity index (χ4n) is 2.87. The minimum Gasteiger partial charge on any atom is -0.233 e. The number of hydrogen-bond donors (Lipinski definition) is 0. The molecule has 0 N–H and O–H groups in total. The van der Waals surface area contributed by atoms with Gasteiger partial charge < -0.3 is 0 Å². The third-order valence-electron chi connectivity index (χ3n) is 4.20. The van der Waals surface area contributed by atoms with Crippen LogP contribution in [0, 0.1) is 5.82 Å². The Hall–Kier alpha value is -2.22. The van der Waals surface area contributed by atoms with E-state index in [2.05, 4.69) is 6.92 Å². The fraction of sp³-hybridized carbons (Fsp3) is 0.200. The van der Waals surface area contributed by atoms with Gasteiger partial charge in [0.1, 0.15) is 5.82 Å². The van der Waals surface area contributed by atoms with E-state index in [1.54, 1.807) is 18.2 Å². The Morgan fingerprint density at radius 2 is 1.68 bits per heavy atom. The molecule has 0 nitrogen and oxygen atoms in total. The molecular weight excluding hydrogens is 278 g/mol. The number of alkyl halides is 1. The first-order valence-corrected chi connectivity index (χ1v) is 7.55. The van der Waals surface area contributed by atoms with Crippen LogP contribution < -0.4 is 0 Å². The summed E-state index contributed by atoms with van der Waals surface area (Å²) in [6.07, 6.45) is 6.70. The molecule has 0 aliphatic heterocycles. The van der Waals surface area contributed by atoms with Crippen molar-refractivity contribution < 1.29 is 8.78 Å². The largest absolute Gasteiger partial charge is 0.233 e. The Balaban J connectivity index is 2.04. The molecule has 1 aliphatic carbocycles. The lowest BCUT2D eigenvalue weighted by Gasteiger charge is -2.30. The van der Waals surface area contributed by atoms with Crippen molar-refractivity contribution in [2.24, 2.45) is 0 Å². The van der Waals surface area contributed by atoms with Crippen molar-refractivity contribution in [3.8, 4) is 0 Å². The smallest absolute Gasteiger partial charge is 0.165 e. The maximum atomic E-state index is 15.8. The van der Waals surface area contributed by atoms with E-state index in [0.717, 1.165) is 6.42 Å². The van der Waals surface area contributed by atoms with Gasteiger partial charge >= 0.3 is 0 Å². The second kappa shape index (κ2) is 5.88. The van der Waals surface area contributed by atoms with Gasteiger partial charge in [-0.2, -0.15) is 0 Å². The van der Waals surface area contributed by atoms with Crippen LogP contribution in [0.5, 0.6) is 0 Å². The van der Waals surface area contributed by atoms with E-state index in [0.29, 0.717) is 23.1 Å². The molecule has 1 aliphatic rings. The monoisotopic (exact) mass is 296 g/mol. The first-order valence-electron chi connectivity index (χ1n) is 7.55. The van der Waals surface area contributed by atoms with E-state index in [-0.39, 0.29) is 5.82 Å². The molecule has 0 heterocycles. The van der Waals surface area contributed by atoms with Gasteiger partial charge in [-0.3, -0.25) is 0 Å². The number of hydrogen-bond acceptors (Lipinski definition) is 0.